The van der Waals surface area contributed by atoms with Gasteiger partial charge in [-0.05, 0) is 36.4 Å². The van der Waals surface area contributed by atoms with E-state index < -0.39 is 42.5 Å². The van der Waals surface area contributed by atoms with E-state index in [9.17, 15) is 25.8 Å². The Labute approximate surface area is 154 Å². The Morgan fingerprint density at radius 2 is 1.72 bits per heavy atom. The summed E-state index contributed by atoms with van der Waals surface area (Å²) < 4.78 is 77.4. The fraction of sp³-hybridized carbons (Fsp3) is 0.143. The molecule has 0 aliphatic rings. The standard InChI is InChI=1S/C14H10Cl2F3NO3S2/c1-24(21)13-5-2-8(15)6-12(13)20-25(22,23)9-3-4-11(16)10(7-9)14(17,18)19/h2-7,20H,1H3. The molecule has 0 aliphatic heterocycles. The van der Waals surface area contributed by atoms with E-state index in [0.29, 0.717) is 6.07 Å². The summed E-state index contributed by atoms with van der Waals surface area (Å²) in [6, 6.07) is 6.20. The van der Waals surface area contributed by atoms with Gasteiger partial charge in [-0.15, -0.1) is 0 Å². The van der Waals surface area contributed by atoms with E-state index in [-0.39, 0.29) is 15.6 Å². The van der Waals surface area contributed by atoms with Crippen molar-refractivity contribution < 1.29 is 25.8 Å². The predicted molar refractivity (Wildman–Crippen MR) is 91.0 cm³/mol. The highest BCUT2D eigenvalue weighted by atomic mass is 35.5. The fourth-order valence-corrected chi connectivity index (χ4v) is 4.16. The summed E-state index contributed by atoms with van der Waals surface area (Å²) in [5.41, 5.74) is -1.36. The van der Waals surface area contributed by atoms with Gasteiger partial charge in [0.05, 0.1) is 36.9 Å². The third-order valence-electron chi connectivity index (χ3n) is 3.05. The molecule has 1 atom stereocenters. The molecule has 0 bridgehead atoms. The van der Waals surface area contributed by atoms with Gasteiger partial charge in [-0.2, -0.15) is 13.2 Å². The first-order valence-electron chi connectivity index (χ1n) is 6.44. The predicted octanol–water partition coefficient (Wildman–Crippen LogP) is 4.55. The van der Waals surface area contributed by atoms with Crippen LogP contribution in [0.4, 0.5) is 18.9 Å². The van der Waals surface area contributed by atoms with Crippen molar-refractivity contribution in [1.82, 2.24) is 0 Å². The van der Waals surface area contributed by atoms with Crippen LogP contribution in [0.5, 0.6) is 0 Å². The summed E-state index contributed by atoms with van der Waals surface area (Å²) in [7, 11) is -5.94. The molecule has 25 heavy (non-hydrogen) atoms. The molecular weight excluding hydrogens is 422 g/mol. The number of hydrogen-bond donors (Lipinski definition) is 1. The van der Waals surface area contributed by atoms with Crippen LogP contribution in [0.25, 0.3) is 0 Å². The number of benzene rings is 2. The molecule has 136 valence electrons. The summed E-state index contributed by atoms with van der Waals surface area (Å²) in [6.45, 7) is 0. The van der Waals surface area contributed by atoms with Gasteiger partial charge in [0.2, 0.25) is 0 Å². The second-order valence-electron chi connectivity index (χ2n) is 4.84. The topological polar surface area (TPSA) is 63.2 Å². The van der Waals surface area contributed by atoms with Crippen LogP contribution < -0.4 is 4.72 Å². The number of rotatable bonds is 4. The summed E-state index contributed by atoms with van der Waals surface area (Å²) >= 11 is 11.3. The largest absolute Gasteiger partial charge is 0.417 e. The Hall–Kier alpha value is -1.29. The number of sulfonamides is 1. The number of halogens is 5. The molecule has 0 amide bonds. The smallest absolute Gasteiger partial charge is 0.278 e. The molecule has 0 radical (unpaired) electrons. The van der Waals surface area contributed by atoms with Gasteiger partial charge in [-0.3, -0.25) is 8.93 Å². The molecule has 2 aromatic carbocycles. The lowest BCUT2D eigenvalue weighted by atomic mass is 10.2. The molecule has 0 aliphatic carbocycles. The second-order valence-corrected chi connectivity index (χ2v) is 8.71. The van der Waals surface area contributed by atoms with Gasteiger partial charge in [-0.25, -0.2) is 8.42 Å². The summed E-state index contributed by atoms with van der Waals surface area (Å²) in [4.78, 5) is -0.505. The van der Waals surface area contributed by atoms with E-state index in [1.807, 2.05) is 0 Å². The minimum absolute atomic E-state index is 0.0863. The van der Waals surface area contributed by atoms with E-state index in [1.54, 1.807) is 0 Å². The third kappa shape index (κ3) is 4.66. The van der Waals surface area contributed by atoms with Gasteiger partial charge in [-0.1, -0.05) is 23.2 Å². The van der Waals surface area contributed by atoms with Crippen LogP contribution in [0.2, 0.25) is 10.0 Å². The van der Waals surface area contributed by atoms with Gasteiger partial charge in [0.1, 0.15) is 0 Å². The maximum Gasteiger partial charge on any atom is 0.417 e. The highest BCUT2D eigenvalue weighted by molar-refractivity contribution is 7.92. The van der Waals surface area contributed by atoms with Crippen LogP contribution in [0.15, 0.2) is 46.2 Å². The zero-order valence-corrected chi connectivity index (χ0v) is 15.5. The molecule has 1 N–H and O–H groups in total. The highest BCUT2D eigenvalue weighted by Gasteiger charge is 2.34. The Morgan fingerprint density at radius 1 is 1.08 bits per heavy atom. The average molecular weight is 432 g/mol. The molecule has 0 fully saturated rings. The lowest BCUT2D eigenvalue weighted by Gasteiger charge is -2.14. The number of anilines is 1. The molecule has 0 saturated heterocycles. The van der Waals surface area contributed by atoms with E-state index >= 15 is 0 Å². The monoisotopic (exact) mass is 431 g/mol. The fourth-order valence-electron chi connectivity index (χ4n) is 1.93. The lowest BCUT2D eigenvalue weighted by Crippen LogP contribution is -2.16. The van der Waals surface area contributed by atoms with Crippen molar-refractivity contribution in [2.75, 3.05) is 11.0 Å². The SMILES string of the molecule is CS(=O)c1ccc(Cl)cc1NS(=O)(=O)c1ccc(Cl)c(C(F)(F)F)c1. The van der Waals surface area contributed by atoms with Crippen molar-refractivity contribution in [3.05, 3.63) is 52.0 Å². The maximum atomic E-state index is 12.9. The zero-order chi connectivity index (χ0) is 19.0. The molecule has 2 aromatic rings. The first kappa shape index (κ1) is 20.0. The van der Waals surface area contributed by atoms with Crippen molar-refractivity contribution in [2.45, 2.75) is 16.0 Å². The molecule has 4 nitrogen and oxygen atoms in total. The van der Waals surface area contributed by atoms with Crippen LogP contribution in [-0.2, 0) is 27.0 Å². The van der Waals surface area contributed by atoms with Gasteiger partial charge in [0.25, 0.3) is 10.0 Å². The summed E-state index contributed by atoms with van der Waals surface area (Å²) in [5, 5.41) is -0.455. The third-order valence-corrected chi connectivity index (χ3v) is 5.95. The number of alkyl halides is 3. The Morgan fingerprint density at radius 3 is 2.28 bits per heavy atom. The Bertz CT molecular complexity index is 947. The van der Waals surface area contributed by atoms with Gasteiger partial charge in [0, 0.05) is 11.3 Å². The van der Waals surface area contributed by atoms with Crippen molar-refractivity contribution in [2.24, 2.45) is 0 Å². The van der Waals surface area contributed by atoms with Gasteiger partial charge < -0.3 is 0 Å². The van der Waals surface area contributed by atoms with E-state index in [4.69, 9.17) is 23.2 Å². The van der Waals surface area contributed by atoms with Crippen LogP contribution >= 0.6 is 23.2 Å². The molecule has 0 spiro atoms. The Balaban J connectivity index is 2.51. The lowest BCUT2D eigenvalue weighted by molar-refractivity contribution is -0.137. The van der Waals surface area contributed by atoms with E-state index in [1.165, 1.54) is 24.5 Å². The first-order valence-corrected chi connectivity index (χ1v) is 10.2. The zero-order valence-electron chi connectivity index (χ0n) is 12.4. The summed E-state index contributed by atoms with van der Waals surface area (Å²) in [5.74, 6) is 0. The molecule has 0 heterocycles. The normalized spacial score (nSPS) is 13.5. The highest BCUT2D eigenvalue weighted by Crippen LogP contribution is 2.36. The number of nitrogens with one attached hydrogen (secondary N) is 1. The molecule has 11 heteroatoms. The van der Waals surface area contributed by atoms with Crippen LogP contribution in [0.3, 0.4) is 0 Å². The van der Waals surface area contributed by atoms with E-state index in [2.05, 4.69) is 4.72 Å². The minimum atomic E-state index is -4.81. The average Bonchev–Trinajstić information content (AvgIpc) is 2.45. The van der Waals surface area contributed by atoms with Crippen LogP contribution in [0, 0.1) is 0 Å². The van der Waals surface area contributed by atoms with E-state index in [0.717, 1.165) is 12.1 Å². The molecular formula is C14H10Cl2F3NO3S2. The molecule has 2 rings (SSSR count). The van der Waals surface area contributed by atoms with Crippen LogP contribution in [0.1, 0.15) is 5.56 Å². The van der Waals surface area contributed by atoms with Gasteiger partial charge >= 0.3 is 6.18 Å². The van der Waals surface area contributed by atoms with Crippen molar-refractivity contribution in [1.29, 1.82) is 0 Å². The van der Waals surface area contributed by atoms with Crippen LogP contribution in [-0.4, -0.2) is 18.9 Å². The summed E-state index contributed by atoms with van der Waals surface area (Å²) in [6.07, 6.45) is -3.49. The quantitative estimate of drug-likeness (QED) is 0.771. The van der Waals surface area contributed by atoms with Crippen molar-refractivity contribution in [3.8, 4) is 0 Å². The maximum absolute atomic E-state index is 12.9. The second kappa shape index (κ2) is 7.14. The van der Waals surface area contributed by atoms with Crippen molar-refractivity contribution >= 4 is 49.7 Å². The van der Waals surface area contributed by atoms with Crippen molar-refractivity contribution in [3.63, 3.8) is 0 Å². The Kier molecular flexibility index (Phi) is 5.72. The molecule has 0 saturated carbocycles. The number of hydrogen-bond acceptors (Lipinski definition) is 3. The van der Waals surface area contributed by atoms with Gasteiger partial charge in [0.15, 0.2) is 0 Å². The minimum Gasteiger partial charge on any atom is -0.278 e. The molecule has 1 unspecified atom stereocenters. The molecule has 0 aromatic heterocycles. The first-order chi connectivity index (χ1) is 11.4.